The summed E-state index contributed by atoms with van der Waals surface area (Å²) in [6, 6.07) is 0. The number of hydrogen-bond acceptors (Lipinski definition) is 1. The van der Waals surface area contributed by atoms with Crippen molar-refractivity contribution in [1.82, 2.24) is 0 Å². The molecular formula is C11H17F3O. The number of halogens is 3. The molecule has 0 unspecified atom stereocenters. The molecule has 0 saturated heterocycles. The molecule has 0 saturated carbocycles. The van der Waals surface area contributed by atoms with Gasteiger partial charge in [0.1, 0.15) is 5.76 Å². The van der Waals surface area contributed by atoms with Gasteiger partial charge >= 0.3 is 6.18 Å². The Morgan fingerprint density at radius 1 is 1.20 bits per heavy atom. The van der Waals surface area contributed by atoms with Crippen LogP contribution in [0.1, 0.15) is 33.6 Å². The number of ether oxygens (including phenoxy) is 1. The van der Waals surface area contributed by atoms with E-state index in [-0.39, 0.29) is 5.76 Å². The number of methoxy groups -OCH3 is 1. The summed E-state index contributed by atoms with van der Waals surface area (Å²) in [5, 5.41) is 0. The molecule has 1 aliphatic carbocycles. The van der Waals surface area contributed by atoms with Crippen LogP contribution in [0.25, 0.3) is 0 Å². The molecule has 1 aliphatic rings. The highest BCUT2D eigenvalue weighted by Crippen LogP contribution is 2.35. The lowest BCUT2D eigenvalue weighted by Crippen LogP contribution is -2.16. The Kier molecular flexibility index (Phi) is 5.47. The smallest absolute Gasteiger partial charge is 0.419 e. The van der Waals surface area contributed by atoms with E-state index in [0.717, 1.165) is 11.6 Å². The highest BCUT2D eigenvalue weighted by Gasteiger charge is 2.36. The van der Waals surface area contributed by atoms with E-state index >= 15 is 0 Å². The number of rotatable bonds is 1. The normalized spacial score (nSPS) is 16.6. The van der Waals surface area contributed by atoms with Crippen molar-refractivity contribution >= 4 is 0 Å². The van der Waals surface area contributed by atoms with Gasteiger partial charge in [-0.1, -0.05) is 19.4 Å². The van der Waals surface area contributed by atoms with E-state index < -0.39 is 11.7 Å². The topological polar surface area (TPSA) is 9.23 Å². The molecule has 0 heterocycles. The van der Waals surface area contributed by atoms with Crippen LogP contribution in [0.4, 0.5) is 13.2 Å². The standard InChI is InChI=1S/C9H11F3O.C2H6/c1-6-3-4-8(13-2)7(5-6)9(10,11)12;1-2/h5H,3-4H2,1-2H3;1-2H3. The van der Waals surface area contributed by atoms with E-state index in [9.17, 15) is 13.2 Å². The van der Waals surface area contributed by atoms with E-state index in [0.29, 0.717) is 12.8 Å². The minimum atomic E-state index is -4.30. The van der Waals surface area contributed by atoms with Crippen molar-refractivity contribution in [1.29, 1.82) is 0 Å². The van der Waals surface area contributed by atoms with Crippen LogP contribution in [0.3, 0.4) is 0 Å². The maximum Gasteiger partial charge on any atom is 0.419 e. The predicted molar refractivity (Wildman–Crippen MR) is 54.4 cm³/mol. The van der Waals surface area contributed by atoms with Gasteiger partial charge < -0.3 is 4.74 Å². The Morgan fingerprint density at radius 3 is 2.13 bits per heavy atom. The lowest BCUT2D eigenvalue weighted by molar-refractivity contribution is -0.0919. The Hall–Kier alpha value is -0.930. The zero-order valence-corrected chi connectivity index (χ0v) is 9.53. The highest BCUT2D eigenvalue weighted by molar-refractivity contribution is 5.33. The van der Waals surface area contributed by atoms with Crippen LogP contribution < -0.4 is 0 Å². The predicted octanol–water partition coefficient (Wildman–Crippen LogP) is 4.22. The van der Waals surface area contributed by atoms with Crippen molar-refractivity contribution in [3.8, 4) is 0 Å². The molecule has 0 N–H and O–H groups in total. The molecule has 0 radical (unpaired) electrons. The Balaban J connectivity index is 0.000000921. The van der Waals surface area contributed by atoms with E-state index in [1.807, 2.05) is 13.8 Å². The quantitative estimate of drug-likeness (QED) is 0.645. The molecule has 0 aromatic rings. The van der Waals surface area contributed by atoms with E-state index in [1.54, 1.807) is 6.92 Å². The fourth-order valence-corrected chi connectivity index (χ4v) is 1.30. The van der Waals surface area contributed by atoms with Gasteiger partial charge in [0.15, 0.2) is 0 Å². The molecule has 15 heavy (non-hydrogen) atoms. The molecule has 0 aromatic heterocycles. The van der Waals surface area contributed by atoms with E-state index in [1.165, 1.54) is 7.11 Å². The fraction of sp³-hybridized carbons (Fsp3) is 0.636. The molecule has 0 aromatic carbocycles. The second kappa shape index (κ2) is 5.83. The molecule has 88 valence electrons. The summed E-state index contributed by atoms with van der Waals surface area (Å²) < 4.78 is 41.8. The average molecular weight is 222 g/mol. The van der Waals surface area contributed by atoms with Crippen LogP contribution in [-0.4, -0.2) is 13.3 Å². The zero-order valence-electron chi connectivity index (χ0n) is 9.53. The monoisotopic (exact) mass is 222 g/mol. The number of allylic oxidation sites excluding steroid dienone is 4. The number of hydrogen-bond donors (Lipinski definition) is 0. The van der Waals surface area contributed by atoms with Crippen LogP contribution in [0.2, 0.25) is 0 Å². The first kappa shape index (κ1) is 14.1. The molecule has 0 atom stereocenters. The van der Waals surface area contributed by atoms with Gasteiger partial charge in [0.25, 0.3) is 0 Å². The average Bonchev–Trinajstić information content (AvgIpc) is 2.19. The van der Waals surface area contributed by atoms with Crippen molar-refractivity contribution in [2.24, 2.45) is 0 Å². The molecule has 0 spiro atoms. The second-order valence-corrected chi connectivity index (χ2v) is 3.03. The van der Waals surface area contributed by atoms with Gasteiger partial charge in [-0.25, -0.2) is 0 Å². The largest absolute Gasteiger partial charge is 0.500 e. The Morgan fingerprint density at radius 2 is 1.73 bits per heavy atom. The van der Waals surface area contributed by atoms with Gasteiger partial charge in [-0.3, -0.25) is 0 Å². The second-order valence-electron chi connectivity index (χ2n) is 3.03. The Labute approximate surface area is 88.6 Å². The highest BCUT2D eigenvalue weighted by atomic mass is 19.4. The molecule has 4 heteroatoms. The van der Waals surface area contributed by atoms with Crippen LogP contribution in [-0.2, 0) is 4.74 Å². The summed E-state index contributed by atoms with van der Waals surface area (Å²) in [7, 11) is 1.27. The summed E-state index contributed by atoms with van der Waals surface area (Å²) in [4.78, 5) is 0. The van der Waals surface area contributed by atoms with Gasteiger partial charge in [0.2, 0.25) is 0 Å². The van der Waals surface area contributed by atoms with Crippen molar-refractivity contribution in [3.05, 3.63) is 23.0 Å². The molecule has 0 bridgehead atoms. The molecule has 0 amide bonds. The lowest BCUT2D eigenvalue weighted by atomic mass is 9.98. The molecule has 0 aliphatic heterocycles. The van der Waals surface area contributed by atoms with Crippen molar-refractivity contribution in [2.45, 2.75) is 39.8 Å². The first-order valence-electron chi connectivity index (χ1n) is 4.96. The minimum Gasteiger partial charge on any atom is -0.500 e. The third kappa shape index (κ3) is 3.98. The first-order chi connectivity index (χ1) is 6.95. The third-order valence-electron chi connectivity index (χ3n) is 1.99. The molecule has 1 nitrogen and oxygen atoms in total. The van der Waals surface area contributed by atoms with Crippen LogP contribution in [0.15, 0.2) is 23.0 Å². The van der Waals surface area contributed by atoms with Crippen LogP contribution in [0, 0.1) is 0 Å². The zero-order chi connectivity index (χ0) is 12.1. The fourth-order valence-electron chi connectivity index (χ4n) is 1.30. The maximum atomic E-state index is 12.4. The van der Waals surface area contributed by atoms with Crippen molar-refractivity contribution in [2.75, 3.05) is 7.11 Å². The summed E-state index contributed by atoms with van der Waals surface area (Å²) in [6.07, 6.45) is -2.16. The molecule has 1 rings (SSSR count). The van der Waals surface area contributed by atoms with Gasteiger partial charge in [-0.2, -0.15) is 13.2 Å². The third-order valence-corrected chi connectivity index (χ3v) is 1.99. The SMILES string of the molecule is CC.COC1=C(C(F)(F)F)C=C(C)CC1. The van der Waals surface area contributed by atoms with Crippen LogP contribution in [0.5, 0.6) is 0 Å². The number of alkyl halides is 3. The minimum absolute atomic E-state index is 0.0399. The van der Waals surface area contributed by atoms with Crippen molar-refractivity contribution < 1.29 is 17.9 Å². The Bertz CT molecular complexity index is 261. The van der Waals surface area contributed by atoms with Gasteiger partial charge in [-0.15, -0.1) is 0 Å². The van der Waals surface area contributed by atoms with E-state index in [2.05, 4.69) is 0 Å². The molecular weight excluding hydrogens is 205 g/mol. The van der Waals surface area contributed by atoms with Gasteiger partial charge in [0, 0.05) is 6.42 Å². The summed E-state index contributed by atoms with van der Waals surface area (Å²) in [6.45, 7) is 5.69. The van der Waals surface area contributed by atoms with Crippen LogP contribution >= 0.6 is 0 Å². The van der Waals surface area contributed by atoms with E-state index in [4.69, 9.17) is 4.74 Å². The van der Waals surface area contributed by atoms with Gasteiger partial charge in [-0.05, 0) is 19.4 Å². The summed E-state index contributed by atoms with van der Waals surface area (Å²) in [5.41, 5.74) is 0.104. The van der Waals surface area contributed by atoms with Crippen molar-refractivity contribution in [3.63, 3.8) is 0 Å². The molecule has 0 fully saturated rings. The lowest BCUT2D eigenvalue weighted by Gasteiger charge is -2.19. The maximum absolute atomic E-state index is 12.4. The summed E-state index contributed by atoms with van der Waals surface area (Å²) in [5.74, 6) is 0.0399. The first-order valence-corrected chi connectivity index (χ1v) is 4.96. The summed E-state index contributed by atoms with van der Waals surface area (Å²) >= 11 is 0. The van der Waals surface area contributed by atoms with Gasteiger partial charge in [0.05, 0.1) is 12.7 Å².